The zero-order chi connectivity index (χ0) is 28.1. The molecule has 0 radical (unpaired) electrons. The van der Waals surface area contributed by atoms with Crippen molar-refractivity contribution >= 4 is 11.9 Å². The molecule has 5 rings (SSSR count). The molecule has 1 heterocycles. The van der Waals surface area contributed by atoms with Crippen molar-refractivity contribution in [3.63, 3.8) is 0 Å². The smallest absolute Gasteiger partial charge is 0.329 e. The molecule has 3 aromatic rings. The summed E-state index contributed by atoms with van der Waals surface area (Å²) < 4.78 is 23.6. The van der Waals surface area contributed by atoms with E-state index in [1.54, 1.807) is 18.9 Å². The molecular formula is C32H35NO7. The fourth-order valence-electron chi connectivity index (χ4n) is 5.24. The van der Waals surface area contributed by atoms with Crippen LogP contribution in [0, 0.1) is 0 Å². The highest BCUT2D eigenvalue weighted by atomic mass is 16.5. The van der Waals surface area contributed by atoms with Gasteiger partial charge >= 0.3 is 5.97 Å². The highest BCUT2D eigenvalue weighted by Crippen LogP contribution is 2.40. The van der Waals surface area contributed by atoms with Gasteiger partial charge in [0.05, 0.1) is 25.9 Å². The molecule has 2 unspecified atom stereocenters. The molecule has 40 heavy (non-hydrogen) atoms. The normalized spacial score (nSPS) is 20.6. The number of amides is 1. The van der Waals surface area contributed by atoms with Gasteiger partial charge in [0, 0.05) is 18.5 Å². The summed E-state index contributed by atoms with van der Waals surface area (Å²) >= 11 is 0. The topological polar surface area (TPSA) is 94.5 Å². The number of carbonyl (C=O) groups is 2. The Morgan fingerprint density at radius 3 is 2.35 bits per heavy atom. The molecule has 0 spiro atoms. The number of hydrogen-bond donors (Lipinski definition) is 1. The first kappa shape index (κ1) is 27.7. The van der Waals surface area contributed by atoms with Crippen molar-refractivity contribution in [3.05, 3.63) is 95.1 Å². The lowest BCUT2D eigenvalue weighted by Crippen LogP contribution is -2.52. The number of aliphatic hydroxyl groups excluding tert-OH is 1. The van der Waals surface area contributed by atoms with E-state index in [-0.39, 0.29) is 31.6 Å². The van der Waals surface area contributed by atoms with E-state index in [1.165, 1.54) is 0 Å². The Kier molecular flexibility index (Phi) is 8.67. The van der Waals surface area contributed by atoms with Crippen LogP contribution in [0.1, 0.15) is 48.1 Å². The maximum absolute atomic E-state index is 14.2. The van der Waals surface area contributed by atoms with Gasteiger partial charge in [-0.25, -0.2) is 4.79 Å². The van der Waals surface area contributed by atoms with Crippen LogP contribution in [0.4, 0.5) is 0 Å². The number of ether oxygens (including phenoxy) is 4. The minimum atomic E-state index is -0.913. The number of benzene rings is 3. The fraction of sp³-hybridized carbons (Fsp3) is 0.375. The molecule has 1 fully saturated rings. The molecule has 8 heteroatoms. The quantitative estimate of drug-likeness (QED) is 0.378. The lowest BCUT2D eigenvalue weighted by molar-refractivity contribution is -0.168. The van der Waals surface area contributed by atoms with Crippen LogP contribution in [0.5, 0.6) is 11.5 Å². The van der Waals surface area contributed by atoms with Gasteiger partial charge in [-0.3, -0.25) is 4.79 Å². The highest BCUT2D eigenvalue weighted by molar-refractivity contribution is 5.89. The van der Waals surface area contributed by atoms with Crippen molar-refractivity contribution in [2.45, 2.75) is 63.7 Å². The van der Waals surface area contributed by atoms with Crippen LogP contribution < -0.4 is 9.47 Å². The van der Waals surface area contributed by atoms with Gasteiger partial charge in [-0.1, -0.05) is 66.7 Å². The van der Waals surface area contributed by atoms with Gasteiger partial charge in [0.25, 0.3) is 5.91 Å². The van der Waals surface area contributed by atoms with Crippen LogP contribution in [-0.2, 0) is 38.6 Å². The van der Waals surface area contributed by atoms with E-state index in [2.05, 4.69) is 0 Å². The molecule has 8 nitrogen and oxygen atoms in total. The van der Waals surface area contributed by atoms with Crippen LogP contribution in [0.15, 0.2) is 72.8 Å². The summed E-state index contributed by atoms with van der Waals surface area (Å²) in [6, 6.07) is 21.9. The number of methoxy groups -OCH3 is 1. The number of fused-ring (bicyclic) bond motifs is 1. The van der Waals surface area contributed by atoms with Crippen LogP contribution >= 0.6 is 0 Å². The molecular weight excluding hydrogens is 510 g/mol. The molecule has 0 saturated heterocycles. The SMILES string of the molecule is CCOC(=O)C1Cc2c(ccc(OC)c2OCc2ccccc2)CN1C(=O)C(OC1CC(O)C1)c1ccccc1. The van der Waals surface area contributed by atoms with Crippen LogP contribution in [0.25, 0.3) is 0 Å². The van der Waals surface area contributed by atoms with Gasteiger partial charge in [-0.05, 0) is 42.5 Å². The summed E-state index contributed by atoms with van der Waals surface area (Å²) in [4.78, 5) is 29.0. The standard InChI is InChI=1S/C32H35NO7/c1-3-38-32(36)27-18-26-23(14-15-28(37-2)30(26)39-20-21-10-6-4-7-11-21)19-33(27)31(35)29(22-12-8-5-9-13-22)40-25-16-24(34)17-25/h4-15,24-25,27,29,34H,3,16-20H2,1-2H3. The summed E-state index contributed by atoms with van der Waals surface area (Å²) in [6.45, 7) is 2.45. The van der Waals surface area contributed by atoms with Crippen molar-refractivity contribution in [1.29, 1.82) is 0 Å². The average Bonchev–Trinajstić information content (AvgIpc) is 2.97. The minimum Gasteiger partial charge on any atom is -0.493 e. The molecule has 1 aliphatic heterocycles. The largest absolute Gasteiger partial charge is 0.493 e. The molecule has 0 aromatic heterocycles. The third-order valence-corrected chi connectivity index (χ3v) is 7.45. The predicted molar refractivity (Wildman–Crippen MR) is 148 cm³/mol. The van der Waals surface area contributed by atoms with E-state index < -0.39 is 24.2 Å². The Labute approximate surface area is 234 Å². The van der Waals surface area contributed by atoms with Gasteiger partial charge in [0.2, 0.25) is 0 Å². The molecule has 210 valence electrons. The average molecular weight is 546 g/mol. The molecule has 1 amide bonds. The second kappa shape index (κ2) is 12.5. The summed E-state index contributed by atoms with van der Waals surface area (Å²) in [5.41, 5.74) is 3.38. The number of carbonyl (C=O) groups excluding carboxylic acids is 2. The molecule has 2 aliphatic rings. The lowest BCUT2D eigenvalue weighted by atomic mass is 9.90. The third kappa shape index (κ3) is 5.98. The maximum atomic E-state index is 14.2. The Morgan fingerprint density at radius 1 is 1.00 bits per heavy atom. The molecule has 0 bridgehead atoms. The number of hydrogen-bond acceptors (Lipinski definition) is 7. The van der Waals surface area contributed by atoms with Crippen LogP contribution in [-0.4, -0.2) is 53.8 Å². The summed E-state index contributed by atoms with van der Waals surface area (Å²) in [5.74, 6) is 0.318. The monoisotopic (exact) mass is 545 g/mol. The number of nitrogens with zero attached hydrogens (tertiary/aromatic N) is 1. The zero-order valence-corrected chi connectivity index (χ0v) is 22.8. The minimum absolute atomic E-state index is 0.184. The van der Waals surface area contributed by atoms with Crippen molar-refractivity contribution in [1.82, 2.24) is 4.90 Å². The molecule has 1 N–H and O–H groups in total. The van der Waals surface area contributed by atoms with E-state index in [9.17, 15) is 14.7 Å². The van der Waals surface area contributed by atoms with Crippen LogP contribution in [0.2, 0.25) is 0 Å². The molecule has 2 atom stereocenters. The fourth-order valence-corrected chi connectivity index (χ4v) is 5.24. The second-order valence-corrected chi connectivity index (χ2v) is 10.1. The van der Waals surface area contributed by atoms with Gasteiger partial charge in [0.15, 0.2) is 17.6 Å². The van der Waals surface area contributed by atoms with Crippen molar-refractivity contribution in [2.24, 2.45) is 0 Å². The zero-order valence-electron chi connectivity index (χ0n) is 22.8. The van der Waals surface area contributed by atoms with Gasteiger partial charge in [0.1, 0.15) is 12.6 Å². The summed E-state index contributed by atoms with van der Waals surface area (Å²) in [6.07, 6.45) is -0.403. The summed E-state index contributed by atoms with van der Waals surface area (Å²) in [7, 11) is 1.58. The van der Waals surface area contributed by atoms with E-state index in [4.69, 9.17) is 18.9 Å². The third-order valence-electron chi connectivity index (χ3n) is 7.45. The number of esters is 1. The van der Waals surface area contributed by atoms with Crippen LogP contribution in [0.3, 0.4) is 0 Å². The van der Waals surface area contributed by atoms with Crippen molar-refractivity contribution in [3.8, 4) is 11.5 Å². The van der Waals surface area contributed by atoms with Gasteiger partial charge < -0.3 is 29.0 Å². The predicted octanol–water partition coefficient (Wildman–Crippen LogP) is 4.37. The highest BCUT2D eigenvalue weighted by Gasteiger charge is 2.42. The van der Waals surface area contributed by atoms with Crippen molar-refractivity contribution in [2.75, 3.05) is 13.7 Å². The molecule has 1 aliphatic carbocycles. The second-order valence-electron chi connectivity index (χ2n) is 10.1. The first-order valence-corrected chi connectivity index (χ1v) is 13.7. The Bertz CT molecular complexity index is 1310. The maximum Gasteiger partial charge on any atom is 0.329 e. The van der Waals surface area contributed by atoms with E-state index in [0.717, 1.165) is 16.7 Å². The Balaban J connectivity index is 1.48. The Hall–Kier alpha value is -3.88. The van der Waals surface area contributed by atoms with Crippen molar-refractivity contribution < 1.29 is 33.6 Å². The molecule has 1 saturated carbocycles. The number of aliphatic hydroxyl groups is 1. The number of rotatable bonds is 10. The Morgan fingerprint density at radius 2 is 1.70 bits per heavy atom. The van der Waals surface area contributed by atoms with E-state index in [0.29, 0.717) is 36.5 Å². The van der Waals surface area contributed by atoms with E-state index in [1.807, 2.05) is 72.8 Å². The molecule has 3 aromatic carbocycles. The van der Waals surface area contributed by atoms with E-state index >= 15 is 0 Å². The lowest BCUT2D eigenvalue weighted by Gasteiger charge is -2.40. The van der Waals surface area contributed by atoms with Gasteiger partial charge in [-0.2, -0.15) is 0 Å². The van der Waals surface area contributed by atoms with Gasteiger partial charge in [-0.15, -0.1) is 0 Å². The first-order valence-electron chi connectivity index (χ1n) is 13.7. The first-order chi connectivity index (χ1) is 19.5. The summed E-state index contributed by atoms with van der Waals surface area (Å²) in [5, 5.41) is 9.80.